The van der Waals surface area contributed by atoms with Crippen molar-refractivity contribution in [2.24, 2.45) is 11.3 Å². The third-order valence-electron chi connectivity index (χ3n) is 5.76. The van der Waals surface area contributed by atoms with Crippen molar-refractivity contribution in [1.82, 2.24) is 15.5 Å². The van der Waals surface area contributed by atoms with E-state index in [2.05, 4.69) is 17.6 Å². The molecule has 0 aromatic heterocycles. The molecule has 0 aromatic carbocycles. The molecule has 2 saturated carbocycles. The zero-order valence-corrected chi connectivity index (χ0v) is 14.4. The molecule has 3 fully saturated rings. The number of urea groups is 1. The van der Waals surface area contributed by atoms with Crippen LogP contribution in [0.2, 0.25) is 0 Å². The van der Waals surface area contributed by atoms with E-state index in [-0.39, 0.29) is 23.3 Å². The summed E-state index contributed by atoms with van der Waals surface area (Å²) >= 11 is 0. The first-order chi connectivity index (χ1) is 11.1. The van der Waals surface area contributed by atoms with Gasteiger partial charge in [-0.3, -0.25) is 4.79 Å². The Morgan fingerprint density at radius 1 is 1.17 bits per heavy atom. The number of carbonyl (C=O) groups is 2. The van der Waals surface area contributed by atoms with Gasteiger partial charge in [0, 0.05) is 38.0 Å². The van der Waals surface area contributed by atoms with Crippen LogP contribution in [0.1, 0.15) is 64.7 Å². The zero-order valence-electron chi connectivity index (χ0n) is 14.4. The fourth-order valence-electron chi connectivity index (χ4n) is 4.04. The van der Waals surface area contributed by atoms with Crippen molar-refractivity contribution in [2.75, 3.05) is 19.6 Å². The second-order valence-electron chi connectivity index (χ2n) is 8.14. The molecule has 3 amide bonds. The van der Waals surface area contributed by atoms with E-state index in [4.69, 9.17) is 0 Å². The van der Waals surface area contributed by atoms with Crippen molar-refractivity contribution in [1.29, 1.82) is 0 Å². The Bertz CT molecular complexity index is 440. The van der Waals surface area contributed by atoms with Gasteiger partial charge >= 0.3 is 6.03 Å². The van der Waals surface area contributed by atoms with Crippen LogP contribution in [0.5, 0.6) is 0 Å². The van der Waals surface area contributed by atoms with Crippen molar-refractivity contribution in [2.45, 2.75) is 70.8 Å². The van der Waals surface area contributed by atoms with E-state index in [1.807, 2.05) is 4.90 Å². The summed E-state index contributed by atoms with van der Waals surface area (Å²) in [4.78, 5) is 26.0. The summed E-state index contributed by atoms with van der Waals surface area (Å²) < 4.78 is 0. The Balaban J connectivity index is 1.35. The first-order valence-corrected chi connectivity index (χ1v) is 9.37. The number of hydrogen-bond donors (Lipinski definition) is 2. The van der Waals surface area contributed by atoms with Gasteiger partial charge in [0.05, 0.1) is 0 Å². The van der Waals surface area contributed by atoms with Crippen LogP contribution in [0.25, 0.3) is 0 Å². The number of hydrogen-bond acceptors (Lipinski definition) is 2. The molecule has 5 nitrogen and oxygen atoms in total. The van der Waals surface area contributed by atoms with E-state index in [0.29, 0.717) is 19.0 Å². The van der Waals surface area contributed by atoms with E-state index >= 15 is 0 Å². The molecule has 23 heavy (non-hydrogen) atoms. The van der Waals surface area contributed by atoms with Gasteiger partial charge in [0.2, 0.25) is 5.91 Å². The number of nitrogens with zero attached hydrogens (tertiary/aromatic N) is 1. The van der Waals surface area contributed by atoms with Gasteiger partial charge in [-0.1, -0.05) is 32.6 Å². The maximum absolute atomic E-state index is 12.1. The standard InChI is InChI=1S/C18H31N3O2/c1-18(8-4-2-3-5-9-18)13-20-17(23)19-11-14-10-16(22)21(12-14)15-6-7-15/h14-15H,2-13H2,1H3,(H2,19,20,23). The fourth-order valence-corrected chi connectivity index (χ4v) is 4.04. The van der Waals surface area contributed by atoms with E-state index in [1.165, 1.54) is 38.5 Å². The van der Waals surface area contributed by atoms with Crippen LogP contribution in [-0.4, -0.2) is 42.5 Å². The molecule has 1 saturated heterocycles. The summed E-state index contributed by atoms with van der Waals surface area (Å²) in [6.07, 6.45) is 10.5. The van der Waals surface area contributed by atoms with Crippen molar-refractivity contribution in [3.05, 3.63) is 0 Å². The molecule has 130 valence electrons. The molecule has 1 aliphatic heterocycles. The molecule has 5 heteroatoms. The minimum Gasteiger partial charge on any atom is -0.339 e. The maximum Gasteiger partial charge on any atom is 0.314 e. The lowest BCUT2D eigenvalue weighted by Gasteiger charge is -2.28. The van der Waals surface area contributed by atoms with E-state index in [1.54, 1.807) is 0 Å². The van der Waals surface area contributed by atoms with Crippen LogP contribution < -0.4 is 10.6 Å². The molecule has 3 rings (SSSR count). The number of likely N-dealkylation sites (tertiary alicyclic amines) is 1. The molecule has 0 aromatic rings. The Hall–Kier alpha value is -1.26. The monoisotopic (exact) mass is 321 g/mol. The quantitative estimate of drug-likeness (QED) is 0.765. The van der Waals surface area contributed by atoms with Gasteiger partial charge in [0.15, 0.2) is 0 Å². The van der Waals surface area contributed by atoms with Crippen LogP contribution in [0.15, 0.2) is 0 Å². The van der Waals surface area contributed by atoms with E-state index in [0.717, 1.165) is 25.9 Å². The summed E-state index contributed by atoms with van der Waals surface area (Å²) in [6, 6.07) is 0.421. The van der Waals surface area contributed by atoms with Crippen LogP contribution in [0.3, 0.4) is 0 Å². The highest BCUT2D eigenvalue weighted by Crippen LogP contribution is 2.34. The van der Waals surface area contributed by atoms with Gasteiger partial charge in [-0.2, -0.15) is 0 Å². The number of carbonyl (C=O) groups excluding carboxylic acids is 2. The van der Waals surface area contributed by atoms with Crippen molar-refractivity contribution >= 4 is 11.9 Å². The van der Waals surface area contributed by atoms with Crippen molar-refractivity contribution in [3.63, 3.8) is 0 Å². The maximum atomic E-state index is 12.1. The number of rotatable bonds is 5. The van der Waals surface area contributed by atoms with Crippen LogP contribution in [0.4, 0.5) is 4.79 Å². The first-order valence-electron chi connectivity index (χ1n) is 9.37. The zero-order chi connectivity index (χ0) is 16.3. The lowest BCUT2D eigenvalue weighted by atomic mass is 9.82. The predicted molar refractivity (Wildman–Crippen MR) is 90.1 cm³/mol. The number of amides is 3. The van der Waals surface area contributed by atoms with E-state index < -0.39 is 0 Å². The SMILES string of the molecule is CC1(CNC(=O)NCC2CC(=O)N(C3CC3)C2)CCCCCC1. The third-order valence-corrected chi connectivity index (χ3v) is 5.76. The van der Waals surface area contributed by atoms with Crippen LogP contribution in [-0.2, 0) is 4.79 Å². The molecule has 0 bridgehead atoms. The fraction of sp³-hybridized carbons (Fsp3) is 0.889. The van der Waals surface area contributed by atoms with Gasteiger partial charge in [-0.25, -0.2) is 4.79 Å². The van der Waals surface area contributed by atoms with Gasteiger partial charge in [0.1, 0.15) is 0 Å². The third kappa shape index (κ3) is 4.61. The summed E-state index contributed by atoms with van der Waals surface area (Å²) in [5.41, 5.74) is 0.250. The number of nitrogens with one attached hydrogen (secondary N) is 2. The minimum atomic E-state index is -0.0761. The smallest absolute Gasteiger partial charge is 0.314 e. The topological polar surface area (TPSA) is 61.4 Å². The highest BCUT2D eigenvalue weighted by atomic mass is 16.2. The van der Waals surface area contributed by atoms with Gasteiger partial charge in [0.25, 0.3) is 0 Å². The second-order valence-corrected chi connectivity index (χ2v) is 8.14. The molecule has 0 spiro atoms. The lowest BCUT2D eigenvalue weighted by Crippen LogP contribution is -2.43. The Labute approximate surface area is 139 Å². The van der Waals surface area contributed by atoms with Crippen molar-refractivity contribution < 1.29 is 9.59 Å². The minimum absolute atomic E-state index is 0.0761. The summed E-state index contributed by atoms with van der Waals surface area (Å²) in [5, 5.41) is 6.02. The average Bonchev–Trinajstić information content (AvgIpc) is 3.32. The molecule has 0 radical (unpaired) electrons. The Morgan fingerprint density at radius 2 is 1.87 bits per heavy atom. The van der Waals surface area contributed by atoms with Crippen molar-refractivity contribution in [3.8, 4) is 0 Å². The Kier molecular flexibility index (Phi) is 5.12. The molecule has 3 aliphatic rings. The first kappa shape index (κ1) is 16.6. The molecular weight excluding hydrogens is 290 g/mol. The van der Waals surface area contributed by atoms with Gasteiger partial charge in [-0.05, 0) is 31.1 Å². The lowest BCUT2D eigenvalue weighted by molar-refractivity contribution is -0.128. The normalized spacial score (nSPS) is 27.6. The van der Waals surface area contributed by atoms with Crippen LogP contribution >= 0.6 is 0 Å². The molecule has 1 unspecified atom stereocenters. The van der Waals surface area contributed by atoms with Crippen LogP contribution in [0, 0.1) is 11.3 Å². The summed E-state index contributed by atoms with van der Waals surface area (Å²) in [5.74, 6) is 0.549. The second kappa shape index (κ2) is 7.10. The molecule has 2 aliphatic carbocycles. The summed E-state index contributed by atoms with van der Waals surface area (Å²) in [7, 11) is 0. The Morgan fingerprint density at radius 3 is 2.52 bits per heavy atom. The molecule has 1 heterocycles. The molecule has 1 atom stereocenters. The summed E-state index contributed by atoms with van der Waals surface area (Å²) in [6.45, 7) is 4.48. The van der Waals surface area contributed by atoms with Gasteiger partial charge in [-0.15, -0.1) is 0 Å². The highest BCUT2D eigenvalue weighted by Gasteiger charge is 2.39. The molecular formula is C18H31N3O2. The van der Waals surface area contributed by atoms with E-state index in [9.17, 15) is 9.59 Å². The highest BCUT2D eigenvalue weighted by molar-refractivity contribution is 5.79. The largest absolute Gasteiger partial charge is 0.339 e. The predicted octanol–water partition coefficient (Wildman–Crippen LogP) is 2.66. The molecule has 2 N–H and O–H groups in total. The average molecular weight is 321 g/mol. The van der Waals surface area contributed by atoms with Gasteiger partial charge < -0.3 is 15.5 Å².